The fourth-order valence-corrected chi connectivity index (χ4v) is 2.21. The Labute approximate surface area is 91.5 Å². The van der Waals surface area contributed by atoms with Crippen molar-refractivity contribution < 1.29 is 0 Å². The molecule has 0 N–H and O–H groups in total. The minimum absolute atomic E-state index is 0.587. The number of likely N-dealkylation sites (N-methyl/N-ethyl adjacent to an activating group) is 1. The quantitative estimate of drug-likeness (QED) is 0.735. The molecule has 4 heteroatoms. The number of hydrogen-bond donors (Lipinski definition) is 0. The van der Waals surface area contributed by atoms with Crippen molar-refractivity contribution in [2.75, 3.05) is 34.2 Å². The van der Waals surface area contributed by atoms with Crippen molar-refractivity contribution in [1.29, 1.82) is 0 Å². The standard InChI is InChI=1S/C11H20N4/c1-13(2)5-4-10-7-14(3)8-11-6-12-9-15(10)11/h6,9-10H,4-5,7-8H2,1-3H3. The zero-order chi connectivity index (χ0) is 10.8. The highest BCUT2D eigenvalue weighted by Gasteiger charge is 2.22. The molecule has 0 radical (unpaired) electrons. The van der Waals surface area contributed by atoms with Gasteiger partial charge < -0.3 is 9.47 Å². The van der Waals surface area contributed by atoms with Crippen LogP contribution in [-0.2, 0) is 6.54 Å². The van der Waals surface area contributed by atoms with Gasteiger partial charge in [-0.3, -0.25) is 4.90 Å². The fourth-order valence-electron chi connectivity index (χ4n) is 2.21. The van der Waals surface area contributed by atoms with Gasteiger partial charge >= 0.3 is 0 Å². The van der Waals surface area contributed by atoms with Gasteiger partial charge in [0, 0.05) is 25.3 Å². The van der Waals surface area contributed by atoms with Crippen LogP contribution in [0.2, 0.25) is 0 Å². The molecule has 0 fully saturated rings. The highest BCUT2D eigenvalue weighted by Crippen LogP contribution is 2.22. The molecule has 0 saturated carbocycles. The van der Waals surface area contributed by atoms with Crippen LogP contribution in [0.4, 0.5) is 0 Å². The second kappa shape index (κ2) is 4.33. The maximum Gasteiger partial charge on any atom is 0.0951 e. The average Bonchev–Trinajstić information content (AvgIpc) is 2.61. The lowest BCUT2D eigenvalue weighted by Gasteiger charge is -2.32. The van der Waals surface area contributed by atoms with Crippen molar-refractivity contribution in [3.63, 3.8) is 0 Å². The molecule has 4 nitrogen and oxygen atoms in total. The minimum atomic E-state index is 0.587. The highest BCUT2D eigenvalue weighted by molar-refractivity contribution is 5.03. The van der Waals surface area contributed by atoms with Crippen molar-refractivity contribution in [2.45, 2.75) is 19.0 Å². The van der Waals surface area contributed by atoms with Gasteiger partial charge in [-0.1, -0.05) is 0 Å². The SMILES string of the molecule is CN(C)CCC1CN(C)Cc2cncn21. The van der Waals surface area contributed by atoms with Gasteiger partial charge in [0.2, 0.25) is 0 Å². The molecule has 15 heavy (non-hydrogen) atoms. The van der Waals surface area contributed by atoms with Gasteiger partial charge in [-0.15, -0.1) is 0 Å². The Bertz CT molecular complexity index is 318. The summed E-state index contributed by atoms with van der Waals surface area (Å²) in [6.07, 6.45) is 5.15. The van der Waals surface area contributed by atoms with E-state index in [0.29, 0.717) is 6.04 Å². The minimum Gasteiger partial charge on any atom is -0.329 e. The van der Waals surface area contributed by atoms with Crippen LogP contribution in [0.25, 0.3) is 0 Å². The van der Waals surface area contributed by atoms with E-state index in [1.54, 1.807) is 0 Å². The van der Waals surface area contributed by atoms with Crippen LogP contribution in [0.3, 0.4) is 0 Å². The van der Waals surface area contributed by atoms with Crippen molar-refractivity contribution in [3.05, 3.63) is 18.2 Å². The summed E-state index contributed by atoms with van der Waals surface area (Å²) in [6, 6.07) is 0.587. The second-order valence-electron chi connectivity index (χ2n) is 4.73. The molecule has 1 aromatic heterocycles. The fraction of sp³-hybridized carbons (Fsp3) is 0.727. The lowest BCUT2D eigenvalue weighted by atomic mass is 10.1. The van der Waals surface area contributed by atoms with E-state index in [1.807, 2.05) is 12.5 Å². The molecular weight excluding hydrogens is 188 g/mol. The maximum absolute atomic E-state index is 4.24. The maximum atomic E-state index is 4.24. The van der Waals surface area contributed by atoms with Crippen LogP contribution in [0, 0.1) is 0 Å². The van der Waals surface area contributed by atoms with Crippen molar-refractivity contribution in [2.24, 2.45) is 0 Å². The number of rotatable bonds is 3. The molecular formula is C11H20N4. The van der Waals surface area contributed by atoms with E-state index in [0.717, 1.165) is 19.6 Å². The lowest BCUT2D eigenvalue weighted by Crippen LogP contribution is -2.35. The first-order chi connectivity index (χ1) is 7.16. The summed E-state index contributed by atoms with van der Waals surface area (Å²) in [5, 5.41) is 0. The summed E-state index contributed by atoms with van der Waals surface area (Å²) in [5.74, 6) is 0. The Balaban J connectivity index is 2.06. The normalized spacial score (nSPS) is 22.0. The van der Waals surface area contributed by atoms with E-state index in [1.165, 1.54) is 12.1 Å². The molecule has 0 saturated heterocycles. The summed E-state index contributed by atoms with van der Waals surface area (Å²) >= 11 is 0. The molecule has 0 aliphatic carbocycles. The first kappa shape index (κ1) is 10.6. The summed E-state index contributed by atoms with van der Waals surface area (Å²) in [5.41, 5.74) is 1.34. The number of fused-ring (bicyclic) bond motifs is 1. The second-order valence-corrected chi connectivity index (χ2v) is 4.73. The zero-order valence-corrected chi connectivity index (χ0v) is 9.85. The van der Waals surface area contributed by atoms with Gasteiger partial charge in [0.05, 0.1) is 12.0 Å². The van der Waals surface area contributed by atoms with E-state index in [-0.39, 0.29) is 0 Å². The van der Waals surface area contributed by atoms with Gasteiger partial charge in [-0.2, -0.15) is 0 Å². The third-order valence-corrected chi connectivity index (χ3v) is 3.00. The van der Waals surface area contributed by atoms with Crippen LogP contribution >= 0.6 is 0 Å². The van der Waals surface area contributed by atoms with E-state index in [2.05, 4.69) is 40.5 Å². The van der Waals surface area contributed by atoms with Gasteiger partial charge in [0.1, 0.15) is 0 Å². The Morgan fingerprint density at radius 3 is 3.07 bits per heavy atom. The Morgan fingerprint density at radius 1 is 1.53 bits per heavy atom. The number of aromatic nitrogens is 2. The zero-order valence-electron chi connectivity index (χ0n) is 9.85. The van der Waals surface area contributed by atoms with E-state index >= 15 is 0 Å². The molecule has 1 aliphatic rings. The summed E-state index contributed by atoms with van der Waals surface area (Å²) < 4.78 is 2.34. The number of hydrogen-bond acceptors (Lipinski definition) is 3. The van der Waals surface area contributed by atoms with E-state index < -0.39 is 0 Å². The van der Waals surface area contributed by atoms with Gasteiger partial charge in [0.25, 0.3) is 0 Å². The Kier molecular flexibility index (Phi) is 3.07. The first-order valence-electron chi connectivity index (χ1n) is 5.51. The molecule has 1 aromatic rings. The van der Waals surface area contributed by atoms with Gasteiger partial charge in [0.15, 0.2) is 0 Å². The van der Waals surface area contributed by atoms with Crippen LogP contribution < -0.4 is 0 Å². The molecule has 0 aromatic carbocycles. The Hall–Kier alpha value is -0.870. The third-order valence-electron chi connectivity index (χ3n) is 3.00. The summed E-state index contributed by atoms with van der Waals surface area (Å²) in [4.78, 5) is 8.85. The molecule has 2 heterocycles. The van der Waals surface area contributed by atoms with Crippen LogP contribution in [-0.4, -0.2) is 53.6 Å². The largest absolute Gasteiger partial charge is 0.329 e. The van der Waals surface area contributed by atoms with Crippen LogP contribution in [0.1, 0.15) is 18.2 Å². The highest BCUT2D eigenvalue weighted by atomic mass is 15.2. The summed E-state index contributed by atoms with van der Waals surface area (Å²) in [7, 11) is 6.43. The molecule has 1 atom stereocenters. The molecule has 0 bridgehead atoms. The van der Waals surface area contributed by atoms with Gasteiger partial charge in [-0.05, 0) is 34.1 Å². The topological polar surface area (TPSA) is 24.3 Å². The number of imidazole rings is 1. The van der Waals surface area contributed by atoms with E-state index in [9.17, 15) is 0 Å². The molecule has 1 aliphatic heterocycles. The van der Waals surface area contributed by atoms with Crippen molar-refractivity contribution >= 4 is 0 Å². The lowest BCUT2D eigenvalue weighted by molar-refractivity contribution is 0.204. The predicted molar refractivity (Wildman–Crippen MR) is 60.8 cm³/mol. The molecule has 0 amide bonds. The first-order valence-corrected chi connectivity index (χ1v) is 5.51. The van der Waals surface area contributed by atoms with Gasteiger partial charge in [-0.25, -0.2) is 4.98 Å². The van der Waals surface area contributed by atoms with Crippen molar-refractivity contribution in [1.82, 2.24) is 19.4 Å². The predicted octanol–water partition coefficient (Wildman–Crippen LogP) is 0.821. The average molecular weight is 208 g/mol. The monoisotopic (exact) mass is 208 g/mol. The molecule has 1 unspecified atom stereocenters. The smallest absolute Gasteiger partial charge is 0.0951 e. The molecule has 2 rings (SSSR count). The van der Waals surface area contributed by atoms with E-state index in [4.69, 9.17) is 0 Å². The number of nitrogens with zero attached hydrogens (tertiary/aromatic N) is 4. The molecule has 84 valence electrons. The van der Waals surface area contributed by atoms with Crippen LogP contribution in [0.5, 0.6) is 0 Å². The molecule has 0 spiro atoms. The van der Waals surface area contributed by atoms with Crippen molar-refractivity contribution in [3.8, 4) is 0 Å². The summed E-state index contributed by atoms with van der Waals surface area (Å²) in [6.45, 7) is 3.30. The third kappa shape index (κ3) is 2.38. The van der Waals surface area contributed by atoms with Crippen LogP contribution in [0.15, 0.2) is 12.5 Å². The Morgan fingerprint density at radius 2 is 2.33 bits per heavy atom.